The van der Waals surface area contributed by atoms with Gasteiger partial charge in [0.1, 0.15) is 0 Å². The Morgan fingerprint density at radius 3 is 2.67 bits per heavy atom. The topological polar surface area (TPSA) is 12.0 Å². The summed E-state index contributed by atoms with van der Waals surface area (Å²) in [5.41, 5.74) is 1.50. The molecule has 0 spiro atoms. The van der Waals surface area contributed by atoms with E-state index >= 15 is 0 Å². The first-order valence-corrected chi connectivity index (χ1v) is 6.87. The molecular formula is C13H23NS. The SMILES string of the molecule is CC(CCNC(C)C)CCc1ccsc1. The molecule has 1 atom stereocenters. The van der Waals surface area contributed by atoms with E-state index in [2.05, 4.69) is 42.9 Å². The van der Waals surface area contributed by atoms with Gasteiger partial charge in [0.25, 0.3) is 0 Å². The predicted molar refractivity (Wildman–Crippen MR) is 69.6 cm³/mol. The maximum absolute atomic E-state index is 3.47. The molecule has 1 nitrogen and oxygen atoms in total. The molecule has 0 saturated carbocycles. The van der Waals surface area contributed by atoms with Gasteiger partial charge in [-0.25, -0.2) is 0 Å². The third kappa shape index (κ3) is 5.95. The molecule has 86 valence electrons. The van der Waals surface area contributed by atoms with E-state index in [9.17, 15) is 0 Å². The van der Waals surface area contributed by atoms with Gasteiger partial charge < -0.3 is 5.32 Å². The van der Waals surface area contributed by atoms with Crippen LogP contribution < -0.4 is 5.32 Å². The van der Waals surface area contributed by atoms with Gasteiger partial charge in [0.05, 0.1) is 0 Å². The Labute approximate surface area is 97.9 Å². The van der Waals surface area contributed by atoms with Gasteiger partial charge in [-0.1, -0.05) is 20.8 Å². The van der Waals surface area contributed by atoms with Gasteiger partial charge in [-0.2, -0.15) is 11.3 Å². The lowest BCUT2D eigenvalue weighted by atomic mass is 9.99. The molecular weight excluding hydrogens is 202 g/mol. The van der Waals surface area contributed by atoms with E-state index in [0.29, 0.717) is 6.04 Å². The molecule has 0 bridgehead atoms. The monoisotopic (exact) mass is 225 g/mol. The Bertz CT molecular complexity index is 241. The average Bonchev–Trinajstić information content (AvgIpc) is 2.66. The van der Waals surface area contributed by atoms with Gasteiger partial charge in [0.15, 0.2) is 0 Å². The zero-order valence-corrected chi connectivity index (χ0v) is 10.9. The Kier molecular flexibility index (Phi) is 5.96. The minimum Gasteiger partial charge on any atom is -0.315 e. The summed E-state index contributed by atoms with van der Waals surface area (Å²) in [5.74, 6) is 0.830. The second kappa shape index (κ2) is 7.02. The Morgan fingerprint density at radius 1 is 1.27 bits per heavy atom. The second-order valence-corrected chi connectivity index (χ2v) is 5.45. The van der Waals surface area contributed by atoms with Gasteiger partial charge in [-0.05, 0) is 54.1 Å². The highest BCUT2D eigenvalue weighted by Crippen LogP contribution is 2.14. The molecule has 1 rings (SSSR count). The van der Waals surface area contributed by atoms with Crippen LogP contribution in [0.1, 0.15) is 39.2 Å². The van der Waals surface area contributed by atoms with Crippen molar-refractivity contribution in [1.82, 2.24) is 5.32 Å². The van der Waals surface area contributed by atoms with Crippen molar-refractivity contribution in [3.05, 3.63) is 22.4 Å². The summed E-state index contributed by atoms with van der Waals surface area (Å²) < 4.78 is 0. The van der Waals surface area contributed by atoms with Crippen molar-refractivity contribution in [3.63, 3.8) is 0 Å². The van der Waals surface area contributed by atoms with E-state index in [0.717, 1.165) is 12.5 Å². The van der Waals surface area contributed by atoms with Gasteiger partial charge in [-0.15, -0.1) is 0 Å². The molecule has 0 amide bonds. The van der Waals surface area contributed by atoms with Crippen molar-refractivity contribution in [2.24, 2.45) is 5.92 Å². The molecule has 0 aliphatic heterocycles. The molecule has 0 saturated heterocycles. The number of rotatable bonds is 7. The first-order chi connectivity index (χ1) is 7.18. The highest BCUT2D eigenvalue weighted by Gasteiger charge is 2.03. The standard InChI is InChI=1S/C13H23NS/c1-11(2)14-8-6-12(3)4-5-13-7-9-15-10-13/h7,9-12,14H,4-6,8H2,1-3H3. The number of nitrogens with one attached hydrogen (secondary N) is 1. The van der Waals surface area contributed by atoms with Crippen LogP contribution in [0.5, 0.6) is 0 Å². The van der Waals surface area contributed by atoms with Crippen LogP contribution in [0.15, 0.2) is 16.8 Å². The zero-order valence-electron chi connectivity index (χ0n) is 10.1. The van der Waals surface area contributed by atoms with Crippen molar-refractivity contribution >= 4 is 11.3 Å². The van der Waals surface area contributed by atoms with Crippen LogP contribution >= 0.6 is 11.3 Å². The normalized spacial score (nSPS) is 13.3. The molecule has 0 aliphatic carbocycles. The lowest BCUT2D eigenvalue weighted by molar-refractivity contribution is 0.454. The molecule has 0 radical (unpaired) electrons. The fraction of sp³-hybridized carbons (Fsp3) is 0.692. The van der Waals surface area contributed by atoms with Crippen LogP contribution in [-0.4, -0.2) is 12.6 Å². The highest BCUT2D eigenvalue weighted by atomic mass is 32.1. The first-order valence-electron chi connectivity index (χ1n) is 5.93. The Morgan fingerprint density at radius 2 is 2.07 bits per heavy atom. The maximum atomic E-state index is 3.47. The van der Waals surface area contributed by atoms with Gasteiger partial charge in [0, 0.05) is 6.04 Å². The van der Waals surface area contributed by atoms with Crippen molar-refractivity contribution in [1.29, 1.82) is 0 Å². The van der Waals surface area contributed by atoms with E-state index in [1.54, 1.807) is 11.3 Å². The fourth-order valence-corrected chi connectivity index (χ4v) is 2.31. The van der Waals surface area contributed by atoms with Crippen LogP contribution in [0.3, 0.4) is 0 Å². The third-order valence-electron chi connectivity index (χ3n) is 2.70. The molecule has 1 aromatic rings. The van der Waals surface area contributed by atoms with Crippen LogP contribution in [0.4, 0.5) is 0 Å². The van der Waals surface area contributed by atoms with E-state index in [1.165, 1.54) is 24.8 Å². The van der Waals surface area contributed by atoms with Gasteiger partial charge in [-0.3, -0.25) is 0 Å². The summed E-state index contributed by atoms with van der Waals surface area (Å²) in [6.45, 7) is 7.92. The third-order valence-corrected chi connectivity index (χ3v) is 3.43. The van der Waals surface area contributed by atoms with E-state index in [1.807, 2.05) is 0 Å². The first kappa shape index (κ1) is 12.7. The minimum atomic E-state index is 0.620. The van der Waals surface area contributed by atoms with Gasteiger partial charge in [0.2, 0.25) is 0 Å². The van der Waals surface area contributed by atoms with Crippen LogP contribution in [0.2, 0.25) is 0 Å². The van der Waals surface area contributed by atoms with Crippen molar-refractivity contribution in [2.75, 3.05) is 6.54 Å². The maximum Gasteiger partial charge on any atom is 0.00103 e. The molecule has 15 heavy (non-hydrogen) atoms. The molecule has 0 aromatic carbocycles. The lowest BCUT2D eigenvalue weighted by Crippen LogP contribution is -2.24. The Hall–Kier alpha value is -0.340. The fourth-order valence-electron chi connectivity index (χ4n) is 1.61. The van der Waals surface area contributed by atoms with E-state index in [4.69, 9.17) is 0 Å². The van der Waals surface area contributed by atoms with Crippen molar-refractivity contribution in [2.45, 2.75) is 46.1 Å². The number of thiophene rings is 1. The minimum absolute atomic E-state index is 0.620. The summed E-state index contributed by atoms with van der Waals surface area (Å²) in [6.07, 6.45) is 3.85. The molecule has 1 heterocycles. The molecule has 0 fully saturated rings. The van der Waals surface area contributed by atoms with E-state index in [-0.39, 0.29) is 0 Å². The van der Waals surface area contributed by atoms with Crippen LogP contribution in [-0.2, 0) is 6.42 Å². The smallest absolute Gasteiger partial charge is 0.00103 e. The number of aryl methyl sites for hydroxylation is 1. The molecule has 1 aromatic heterocycles. The molecule has 1 N–H and O–H groups in total. The summed E-state index contributed by atoms with van der Waals surface area (Å²) >= 11 is 1.80. The predicted octanol–water partition coefficient (Wildman–Crippen LogP) is 3.70. The van der Waals surface area contributed by atoms with Crippen LogP contribution in [0.25, 0.3) is 0 Å². The quantitative estimate of drug-likeness (QED) is 0.746. The summed E-state index contributed by atoms with van der Waals surface area (Å²) in [6, 6.07) is 2.86. The largest absolute Gasteiger partial charge is 0.315 e. The summed E-state index contributed by atoms with van der Waals surface area (Å²) in [4.78, 5) is 0. The van der Waals surface area contributed by atoms with Crippen molar-refractivity contribution in [3.8, 4) is 0 Å². The van der Waals surface area contributed by atoms with Crippen LogP contribution in [0, 0.1) is 5.92 Å². The highest BCUT2D eigenvalue weighted by molar-refractivity contribution is 7.07. The average molecular weight is 225 g/mol. The van der Waals surface area contributed by atoms with E-state index < -0.39 is 0 Å². The number of hydrogen-bond acceptors (Lipinski definition) is 2. The summed E-state index contributed by atoms with van der Waals surface area (Å²) in [5, 5.41) is 7.90. The van der Waals surface area contributed by atoms with Crippen molar-refractivity contribution < 1.29 is 0 Å². The van der Waals surface area contributed by atoms with Gasteiger partial charge >= 0.3 is 0 Å². The molecule has 0 aliphatic rings. The molecule has 2 heteroatoms. The summed E-state index contributed by atoms with van der Waals surface area (Å²) in [7, 11) is 0. The lowest BCUT2D eigenvalue weighted by Gasteiger charge is -2.13. The number of hydrogen-bond donors (Lipinski definition) is 1. The second-order valence-electron chi connectivity index (χ2n) is 4.67. The Balaban J connectivity index is 2.06. The zero-order chi connectivity index (χ0) is 11.1. The molecule has 1 unspecified atom stereocenters.